The molecule has 0 radical (unpaired) electrons. The molecule has 0 saturated heterocycles. The summed E-state index contributed by atoms with van der Waals surface area (Å²) in [5.41, 5.74) is 5.68. The molecule has 7 heteroatoms. The minimum atomic E-state index is -0.246. The van der Waals surface area contributed by atoms with Crippen LogP contribution in [0.3, 0.4) is 0 Å². The zero-order valence-electron chi connectivity index (χ0n) is 11.5. The number of nitrogens with zero attached hydrogens (tertiary/aromatic N) is 3. The summed E-state index contributed by atoms with van der Waals surface area (Å²) in [6.07, 6.45) is 5.15. The van der Waals surface area contributed by atoms with Crippen LogP contribution < -0.4 is 11.3 Å². The van der Waals surface area contributed by atoms with Crippen molar-refractivity contribution in [1.29, 1.82) is 0 Å². The number of nitrogens with one attached hydrogen (secondary N) is 1. The first-order valence-electron chi connectivity index (χ1n) is 6.25. The normalized spacial score (nSPS) is 12.6. The quantitative estimate of drug-likeness (QED) is 0.623. The Morgan fingerprint density at radius 2 is 2.30 bits per heavy atom. The Bertz CT molecular complexity index is 572. The van der Waals surface area contributed by atoms with Crippen molar-refractivity contribution in [1.82, 2.24) is 20.2 Å². The van der Waals surface area contributed by atoms with E-state index in [-0.39, 0.29) is 6.04 Å². The van der Waals surface area contributed by atoms with E-state index in [0.29, 0.717) is 18.2 Å². The highest BCUT2D eigenvalue weighted by atomic mass is 35.5. The molecular formula is C13H18ClN5O. The van der Waals surface area contributed by atoms with Crippen molar-refractivity contribution in [2.75, 3.05) is 13.7 Å². The topological polar surface area (TPSA) is 78.0 Å². The van der Waals surface area contributed by atoms with Crippen molar-refractivity contribution in [3.8, 4) is 0 Å². The standard InChI is InChI=1S/C13H18ClN5O/c1-9-7-16-4-3-10(9)12(18-15)13-11(14)8-17-19(13)5-6-20-2/h3-4,7-8,12,18H,5-6,15H2,1-2H3. The summed E-state index contributed by atoms with van der Waals surface area (Å²) in [5, 5.41) is 4.84. The van der Waals surface area contributed by atoms with Crippen molar-refractivity contribution in [3.05, 3.63) is 46.5 Å². The molecule has 2 rings (SSSR count). The minimum absolute atomic E-state index is 0.246. The van der Waals surface area contributed by atoms with E-state index in [1.165, 1.54) is 0 Å². The number of nitrogens with two attached hydrogens (primary N) is 1. The molecule has 0 saturated carbocycles. The fourth-order valence-corrected chi connectivity index (χ4v) is 2.39. The summed E-state index contributed by atoms with van der Waals surface area (Å²) in [4.78, 5) is 4.09. The Morgan fingerprint density at radius 3 is 2.95 bits per heavy atom. The summed E-state index contributed by atoms with van der Waals surface area (Å²) in [5.74, 6) is 5.73. The first-order valence-corrected chi connectivity index (χ1v) is 6.63. The van der Waals surface area contributed by atoms with Crippen LogP contribution in [0.25, 0.3) is 0 Å². The number of hydrazine groups is 1. The van der Waals surface area contributed by atoms with Crippen LogP contribution in [-0.4, -0.2) is 28.5 Å². The largest absolute Gasteiger partial charge is 0.383 e. The van der Waals surface area contributed by atoms with E-state index in [4.69, 9.17) is 22.2 Å². The molecular weight excluding hydrogens is 278 g/mol. The van der Waals surface area contributed by atoms with Crippen molar-refractivity contribution < 1.29 is 4.74 Å². The molecule has 0 aliphatic rings. The van der Waals surface area contributed by atoms with Gasteiger partial charge in [0.15, 0.2) is 0 Å². The van der Waals surface area contributed by atoms with Crippen molar-refractivity contribution >= 4 is 11.6 Å². The summed E-state index contributed by atoms with van der Waals surface area (Å²) < 4.78 is 6.89. The molecule has 0 amide bonds. The Hall–Kier alpha value is -1.47. The molecule has 0 bridgehead atoms. The van der Waals surface area contributed by atoms with Gasteiger partial charge in [0.25, 0.3) is 0 Å². The third kappa shape index (κ3) is 2.99. The summed E-state index contributed by atoms with van der Waals surface area (Å²) >= 11 is 6.26. The van der Waals surface area contributed by atoms with Gasteiger partial charge in [-0.25, -0.2) is 5.43 Å². The second-order valence-corrected chi connectivity index (χ2v) is 4.83. The number of hydrogen-bond acceptors (Lipinski definition) is 5. The van der Waals surface area contributed by atoms with E-state index in [1.54, 1.807) is 30.4 Å². The van der Waals surface area contributed by atoms with Gasteiger partial charge in [0.2, 0.25) is 0 Å². The lowest BCUT2D eigenvalue weighted by atomic mass is 10.0. The molecule has 108 valence electrons. The lowest BCUT2D eigenvalue weighted by molar-refractivity contribution is 0.182. The fourth-order valence-electron chi connectivity index (χ4n) is 2.14. The molecule has 2 heterocycles. The van der Waals surface area contributed by atoms with Crippen molar-refractivity contribution in [2.24, 2.45) is 5.84 Å². The van der Waals surface area contributed by atoms with E-state index in [0.717, 1.165) is 16.8 Å². The molecule has 1 unspecified atom stereocenters. The number of methoxy groups -OCH3 is 1. The lowest BCUT2D eigenvalue weighted by Crippen LogP contribution is -2.31. The third-order valence-electron chi connectivity index (χ3n) is 3.16. The maximum absolute atomic E-state index is 6.26. The van der Waals surface area contributed by atoms with Gasteiger partial charge in [0.1, 0.15) is 0 Å². The number of ether oxygens (including phenoxy) is 1. The van der Waals surface area contributed by atoms with Crippen LogP contribution in [-0.2, 0) is 11.3 Å². The Kier molecular flexibility index (Phi) is 5.08. The third-order valence-corrected chi connectivity index (χ3v) is 3.45. The molecule has 0 aromatic carbocycles. The van der Waals surface area contributed by atoms with E-state index in [2.05, 4.69) is 15.5 Å². The van der Waals surface area contributed by atoms with Crippen LogP contribution >= 0.6 is 11.6 Å². The van der Waals surface area contributed by atoms with Gasteiger partial charge in [-0.1, -0.05) is 11.6 Å². The van der Waals surface area contributed by atoms with Crippen LogP contribution in [0.1, 0.15) is 22.9 Å². The van der Waals surface area contributed by atoms with Crippen LogP contribution in [0.5, 0.6) is 0 Å². The Morgan fingerprint density at radius 1 is 1.50 bits per heavy atom. The van der Waals surface area contributed by atoms with Gasteiger partial charge < -0.3 is 4.74 Å². The highest BCUT2D eigenvalue weighted by Crippen LogP contribution is 2.29. The lowest BCUT2D eigenvalue weighted by Gasteiger charge is -2.20. The summed E-state index contributed by atoms with van der Waals surface area (Å²) in [6.45, 7) is 3.15. The molecule has 2 aromatic rings. The smallest absolute Gasteiger partial charge is 0.0897 e. The minimum Gasteiger partial charge on any atom is -0.383 e. The molecule has 0 aliphatic heterocycles. The Balaban J connectivity index is 2.42. The number of aromatic nitrogens is 3. The number of hydrogen-bond donors (Lipinski definition) is 2. The predicted octanol–water partition coefficient (Wildman–Crippen LogP) is 1.44. The van der Waals surface area contributed by atoms with Gasteiger partial charge in [-0.2, -0.15) is 5.10 Å². The predicted molar refractivity (Wildman–Crippen MR) is 77.3 cm³/mol. The molecule has 0 aliphatic carbocycles. The van der Waals surface area contributed by atoms with E-state index in [9.17, 15) is 0 Å². The average molecular weight is 296 g/mol. The molecule has 1 atom stereocenters. The van der Waals surface area contributed by atoms with Crippen LogP contribution in [0.2, 0.25) is 5.02 Å². The highest BCUT2D eigenvalue weighted by Gasteiger charge is 2.22. The van der Waals surface area contributed by atoms with Crippen molar-refractivity contribution in [2.45, 2.75) is 19.5 Å². The summed E-state index contributed by atoms with van der Waals surface area (Å²) in [7, 11) is 1.65. The van der Waals surface area contributed by atoms with Gasteiger partial charge in [-0.15, -0.1) is 0 Å². The number of aryl methyl sites for hydroxylation is 1. The van der Waals surface area contributed by atoms with Gasteiger partial charge in [-0.05, 0) is 24.1 Å². The molecule has 0 fully saturated rings. The molecule has 3 N–H and O–H groups in total. The SMILES string of the molecule is COCCn1ncc(Cl)c1C(NN)c1ccncc1C. The zero-order valence-corrected chi connectivity index (χ0v) is 12.3. The number of rotatable bonds is 6. The van der Waals surface area contributed by atoms with Crippen molar-refractivity contribution in [3.63, 3.8) is 0 Å². The van der Waals surface area contributed by atoms with E-state index < -0.39 is 0 Å². The second-order valence-electron chi connectivity index (χ2n) is 4.43. The first kappa shape index (κ1) is 14.9. The molecule has 20 heavy (non-hydrogen) atoms. The number of halogens is 1. The van der Waals surface area contributed by atoms with Crippen LogP contribution in [0.4, 0.5) is 0 Å². The monoisotopic (exact) mass is 295 g/mol. The van der Waals surface area contributed by atoms with Gasteiger partial charge in [-0.3, -0.25) is 15.5 Å². The molecule has 0 spiro atoms. The fraction of sp³-hybridized carbons (Fsp3) is 0.385. The number of pyridine rings is 1. The molecule has 2 aromatic heterocycles. The van der Waals surface area contributed by atoms with Gasteiger partial charge in [0, 0.05) is 19.5 Å². The first-order chi connectivity index (χ1) is 9.69. The summed E-state index contributed by atoms with van der Waals surface area (Å²) in [6, 6.07) is 1.67. The van der Waals surface area contributed by atoms with Gasteiger partial charge >= 0.3 is 0 Å². The van der Waals surface area contributed by atoms with Gasteiger partial charge in [0.05, 0.1) is 36.1 Å². The van der Waals surface area contributed by atoms with Crippen LogP contribution in [0, 0.1) is 6.92 Å². The second kappa shape index (κ2) is 6.81. The molecule has 6 nitrogen and oxygen atoms in total. The highest BCUT2D eigenvalue weighted by molar-refractivity contribution is 6.31. The van der Waals surface area contributed by atoms with E-state index >= 15 is 0 Å². The Labute approximate surface area is 122 Å². The van der Waals surface area contributed by atoms with E-state index in [1.807, 2.05) is 13.0 Å². The maximum Gasteiger partial charge on any atom is 0.0897 e. The zero-order chi connectivity index (χ0) is 14.5. The maximum atomic E-state index is 6.26. The van der Waals surface area contributed by atoms with Crippen LogP contribution in [0.15, 0.2) is 24.7 Å². The average Bonchev–Trinajstić information content (AvgIpc) is 2.81.